The fourth-order valence-electron chi connectivity index (χ4n) is 3.62. The molecular formula is C21H26N6O3. The van der Waals surface area contributed by atoms with Crippen molar-refractivity contribution in [3.63, 3.8) is 0 Å². The lowest BCUT2D eigenvalue weighted by Gasteiger charge is -2.32. The Bertz CT molecular complexity index is 977. The lowest BCUT2D eigenvalue weighted by molar-refractivity contribution is -0.125. The Morgan fingerprint density at radius 2 is 2.13 bits per heavy atom. The standard InChI is InChI=1S/C21H26N6O3/c1-3-18-25-21(30-26-18)17-13-23-14(2)24-19(17)27-10-7-15(8-11-27)20(28)22-9-6-16-5-4-12-29-16/h4-5,12-13,15H,3,6-11H2,1-2H3,(H,22,28). The summed E-state index contributed by atoms with van der Waals surface area (Å²) in [5.74, 6) is 3.53. The van der Waals surface area contributed by atoms with Gasteiger partial charge in [0.15, 0.2) is 5.82 Å². The van der Waals surface area contributed by atoms with Gasteiger partial charge in [-0.25, -0.2) is 9.97 Å². The van der Waals surface area contributed by atoms with Gasteiger partial charge in [0, 0.05) is 44.6 Å². The summed E-state index contributed by atoms with van der Waals surface area (Å²) in [4.78, 5) is 28.1. The number of aromatic nitrogens is 4. The number of nitrogens with one attached hydrogen (secondary N) is 1. The minimum absolute atomic E-state index is 0.000617. The Morgan fingerprint density at radius 3 is 2.83 bits per heavy atom. The molecule has 158 valence electrons. The Morgan fingerprint density at radius 1 is 1.30 bits per heavy atom. The number of hydrogen-bond donors (Lipinski definition) is 1. The highest BCUT2D eigenvalue weighted by Gasteiger charge is 2.28. The fourth-order valence-corrected chi connectivity index (χ4v) is 3.62. The predicted molar refractivity (Wildman–Crippen MR) is 110 cm³/mol. The number of amides is 1. The van der Waals surface area contributed by atoms with Crippen LogP contribution in [0.4, 0.5) is 5.82 Å². The molecular weight excluding hydrogens is 384 g/mol. The minimum atomic E-state index is -0.000617. The zero-order chi connectivity index (χ0) is 20.9. The SMILES string of the molecule is CCc1noc(-c2cnc(C)nc2N2CCC(C(=O)NCCc3ccco3)CC2)n1. The molecule has 0 bridgehead atoms. The second-order valence-electron chi connectivity index (χ2n) is 7.41. The highest BCUT2D eigenvalue weighted by molar-refractivity contribution is 5.79. The second-order valence-corrected chi connectivity index (χ2v) is 7.41. The van der Waals surface area contributed by atoms with Crippen LogP contribution in [0.1, 0.15) is 37.2 Å². The molecule has 3 aromatic rings. The van der Waals surface area contributed by atoms with Crippen LogP contribution in [0.5, 0.6) is 0 Å². The maximum absolute atomic E-state index is 12.5. The molecule has 1 N–H and O–H groups in total. The number of anilines is 1. The lowest BCUT2D eigenvalue weighted by atomic mass is 9.95. The normalized spacial score (nSPS) is 14.8. The van der Waals surface area contributed by atoms with Crippen molar-refractivity contribution in [3.05, 3.63) is 42.0 Å². The molecule has 0 spiro atoms. The first-order valence-electron chi connectivity index (χ1n) is 10.4. The van der Waals surface area contributed by atoms with Gasteiger partial charge >= 0.3 is 0 Å². The van der Waals surface area contributed by atoms with Crippen molar-refractivity contribution in [3.8, 4) is 11.5 Å². The minimum Gasteiger partial charge on any atom is -0.469 e. The molecule has 4 rings (SSSR count). The van der Waals surface area contributed by atoms with Crippen molar-refractivity contribution in [2.75, 3.05) is 24.5 Å². The summed E-state index contributed by atoms with van der Waals surface area (Å²) in [5, 5.41) is 7.01. The molecule has 1 saturated heterocycles. The van der Waals surface area contributed by atoms with E-state index in [2.05, 4.69) is 30.3 Å². The van der Waals surface area contributed by atoms with Crippen molar-refractivity contribution >= 4 is 11.7 Å². The van der Waals surface area contributed by atoms with Crippen LogP contribution in [-0.4, -0.2) is 45.7 Å². The van der Waals surface area contributed by atoms with Crippen molar-refractivity contribution in [1.82, 2.24) is 25.4 Å². The van der Waals surface area contributed by atoms with E-state index in [1.54, 1.807) is 12.5 Å². The summed E-state index contributed by atoms with van der Waals surface area (Å²) in [6.07, 6.45) is 6.31. The molecule has 9 nitrogen and oxygen atoms in total. The number of furan rings is 1. The van der Waals surface area contributed by atoms with E-state index in [0.29, 0.717) is 36.9 Å². The molecule has 9 heteroatoms. The van der Waals surface area contributed by atoms with Gasteiger partial charge in [0.1, 0.15) is 23.0 Å². The third kappa shape index (κ3) is 4.50. The maximum Gasteiger partial charge on any atom is 0.263 e. The van der Waals surface area contributed by atoms with Crippen molar-refractivity contribution in [1.29, 1.82) is 0 Å². The smallest absolute Gasteiger partial charge is 0.263 e. The third-order valence-electron chi connectivity index (χ3n) is 5.32. The third-order valence-corrected chi connectivity index (χ3v) is 5.32. The average molecular weight is 410 g/mol. The molecule has 0 aliphatic carbocycles. The molecule has 1 aliphatic rings. The molecule has 3 aromatic heterocycles. The van der Waals surface area contributed by atoms with E-state index in [4.69, 9.17) is 8.94 Å². The number of rotatable bonds is 7. The fraction of sp³-hybridized carbons (Fsp3) is 0.476. The second kappa shape index (κ2) is 9.06. The van der Waals surface area contributed by atoms with Gasteiger partial charge in [0.2, 0.25) is 5.91 Å². The highest BCUT2D eigenvalue weighted by Crippen LogP contribution is 2.30. The predicted octanol–water partition coefficient (Wildman–Crippen LogP) is 2.57. The summed E-state index contributed by atoms with van der Waals surface area (Å²) in [6.45, 7) is 5.88. The van der Waals surface area contributed by atoms with E-state index >= 15 is 0 Å². The van der Waals surface area contributed by atoms with Crippen LogP contribution in [0, 0.1) is 12.8 Å². The molecule has 0 atom stereocenters. The number of hydrogen-bond acceptors (Lipinski definition) is 8. The molecule has 0 aromatic carbocycles. The number of aryl methyl sites for hydroxylation is 2. The van der Waals surface area contributed by atoms with Crippen LogP contribution in [0.15, 0.2) is 33.5 Å². The Labute approximate surface area is 174 Å². The van der Waals surface area contributed by atoms with Crippen LogP contribution >= 0.6 is 0 Å². The van der Waals surface area contributed by atoms with Gasteiger partial charge in [0.25, 0.3) is 5.89 Å². The van der Waals surface area contributed by atoms with Crippen LogP contribution < -0.4 is 10.2 Å². The van der Waals surface area contributed by atoms with Gasteiger partial charge in [-0.15, -0.1) is 0 Å². The van der Waals surface area contributed by atoms with Crippen molar-refractivity contribution < 1.29 is 13.7 Å². The first-order chi connectivity index (χ1) is 14.6. The zero-order valence-corrected chi connectivity index (χ0v) is 17.3. The van der Waals surface area contributed by atoms with Gasteiger partial charge in [-0.2, -0.15) is 4.98 Å². The van der Waals surface area contributed by atoms with Gasteiger partial charge in [0.05, 0.1) is 6.26 Å². The molecule has 4 heterocycles. The van der Waals surface area contributed by atoms with E-state index < -0.39 is 0 Å². The van der Waals surface area contributed by atoms with Crippen molar-refractivity contribution in [2.45, 2.75) is 39.5 Å². The molecule has 1 aliphatic heterocycles. The zero-order valence-electron chi connectivity index (χ0n) is 17.3. The number of nitrogens with zero attached hydrogens (tertiary/aromatic N) is 5. The molecule has 1 fully saturated rings. The van der Waals surface area contributed by atoms with E-state index in [-0.39, 0.29) is 11.8 Å². The first-order valence-corrected chi connectivity index (χ1v) is 10.4. The van der Waals surface area contributed by atoms with Crippen LogP contribution in [0.25, 0.3) is 11.5 Å². The summed E-state index contributed by atoms with van der Waals surface area (Å²) in [6, 6.07) is 3.77. The topological polar surface area (TPSA) is 110 Å². The van der Waals surface area contributed by atoms with Crippen LogP contribution in [-0.2, 0) is 17.6 Å². The molecule has 0 radical (unpaired) electrons. The first kappa shape index (κ1) is 20.1. The van der Waals surface area contributed by atoms with Crippen LogP contribution in [0.2, 0.25) is 0 Å². The largest absolute Gasteiger partial charge is 0.469 e. The highest BCUT2D eigenvalue weighted by atomic mass is 16.5. The van der Waals surface area contributed by atoms with Gasteiger partial charge in [-0.1, -0.05) is 12.1 Å². The molecule has 1 amide bonds. The number of carbonyl (C=O) groups is 1. The van der Waals surface area contributed by atoms with E-state index in [1.165, 1.54) is 0 Å². The molecule has 0 saturated carbocycles. The van der Waals surface area contributed by atoms with Gasteiger partial charge in [-0.3, -0.25) is 4.79 Å². The molecule has 30 heavy (non-hydrogen) atoms. The Kier molecular flexibility index (Phi) is 6.06. The quantitative estimate of drug-likeness (QED) is 0.633. The summed E-state index contributed by atoms with van der Waals surface area (Å²) in [5.41, 5.74) is 0.731. The average Bonchev–Trinajstić information content (AvgIpc) is 3.46. The number of carbonyl (C=O) groups excluding carboxylic acids is 1. The summed E-state index contributed by atoms with van der Waals surface area (Å²) in [7, 11) is 0. The Hall–Kier alpha value is -3.23. The number of piperidine rings is 1. The lowest BCUT2D eigenvalue weighted by Crippen LogP contribution is -2.41. The van der Waals surface area contributed by atoms with E-state index in [0.717, 1.165) is 43.1 Å². The van der Waals surface area contributed by atoms with E-state index in [9.17, 15) is 4.79 Å². The van der Waals surface area contributed by atoms with E-state index in [1.807, 2.05) is 26.0 Å². The van der Waals surface area contributed by atoms with Gasteiger partial charge < -0.3 is 19.2 Å². The molecule has 0 unspecified atom stereocenters. The summed E-state index contributed by atoms with van der Waals surface area (Å²) >= 11 is 0. The van der Waals surface area contributed by atoms with Crippen LogP contribution in [0.3, 0.4) is 0 Å². The Balaban J connectivity index is 1.37. The summed E-state index contributed by atoms with van der Waals surface area (Å²) < 4.78 is 10.7. The maximum atomic E-state index is 12.5. The van der Waals surface area contributed by atoms with Crippen molar-refractivity contribution in [2.24, 2.45) is 5.92 Å². The van der Waals surface area contributed by atoms with Gasteiger partial charge in [-0.05, 0) is 31.9 Å². The monoisotopic (exact) mass is 410 g/mol.